The zero-order chi connectivity index (χ0) is 30.2. The number of fused-ring (bicyclic) bond motifs is 9. The van der Waals surface area contributed by atoms with E-state index in [-0.39, 0.29) is 0 Å². The van der Waals surface area contributed by atoms with Crippen LogP contribution >= 0.6 is 0 Å². The molecular formula is C40H24N4O2. The Kier molecular flexibility index (Phi) is 5.19. The number of aromatic nitrogens is 3. The SMILES string of the molecule is c1ccc(-c2cncc(-n3c4ccc(N5c6ccccc6Oc6ccccc65)cc4c4c5oc6ccccc6c5ccc43)n2)cc1. The summed E-state index contributed by atoms with van der Waals surface area (Å²) in [6.07, 6.45) is 3.64. The van der Waals surface area contributed by atoms with Crippen molar-refractivity contribution in [2.45, 2.75) is 0 Å². The van der Waals surface area contributed by atoms with Gasteiger partial charge in [0.25, 0.3) is 0 Å². The van der Waals surface area contributed by atoms with Crippen LogP contribution in [0.5, 0.6) is 11.5 Å². The molecule has 0 radical (unpaired) electrons. The highest BCUT2D eigenvalue weighted by atomic mass is 16.5. The van der Waals surface area contributed by atoms with Crippen LogP contribution in [0.25, 0.3) is 60.8 Å². The number of para-hydroxylation sites is 5. The lowest BCUT2D eigenvalue weighted by Gasteiger charge is -2.32. The summed E-state index contributed by atoms with van der Waals surface area (Å²) in [5.74, 6) is 2.37. The predicted octanol–water partition coefficient (Wildman–Crippen LogP) is 10.7. The summed E-state index contributed by atoms with van der Waals surface area (Å²) >= 11 is 0. The maximum absolute atomic E-state index is 6.63. The molecule has 0 bridgehead atoms. The minimum Gasteiger partial charge on any atom is -0.455 e. The van der Waals surface area contributed by atoms with Crippen LogP contribution in [0.4, 0.5) is 17.1 Å². The third-order valence-corrected chi connectivity index (χ3v) is 8.87. The molecule has 0 amide bonds. The first-order valence-corrected chi connectivity index (χ1v) is 15.2. The number of ether oxygens (including phenoxy) is 1. The van der Waals surface area contributed by atoms with E-state index in [2.05, 4.69) is 81.2 Å². The Hall–Kier alpha value is -6.40. The van der Waals surface area contributed by atoms with Crippen molar-refractivity contribution in [3.05, 3.63) is 146 Å². The minimum atomic E-state index is 0.742. The third kappa shape index (κ3) is 3.58. The van der Waals surface area contributed by atoms with E-state index in [9.17, 15) is 0 Å². The monoisotopic (exact) mass is 592 g/mol. The Bertz CT molecular complexity index is 2590. The molecule has 10 rings (SSSR count). The van der Waals surface area contributed by atoms with E-state index in [0.717, 1.165) is 89.4 Å². The van der Waals surface area contributed by atoms with Gasteiger partial charge in [0.15, 0.2) is 17.3 Å². The average molecular weight is 593 g/mol. The van der Waals surface area contributed by atoms with Gasteiger partial charge in [-0.25, -0.2) is 4.98 Å². The molecular weight excluding hydrogens is 568 g/mol. The van der Waals surface area contributed by atoms with Crippen LogP contribution in [0.3, 0.4) is 0 Å². The fourth-order valence-electron chi connectivity index (χ4n) is 6.85. The number of anilines is 3. The second-order valence-corrected chi connectivity index (χ2v) is 11.5. The van der Waals surface area contributed by atoms with E-state index in [4.69, 9.17) is 14.1 Å². The lowest BCUT2D eigenvalue weighted by Crippen LogP contribution is -2.15. The first-order chi connectivity index (χ1) is 22.8. The molecule has 3 aromatic heterocycles. The largest absolute Gasteiger partial charge is 0.455 e. The van der Waals surface area contributed by atoms with Gasteiger partial charge < -0.3 is 14.1 Å². The summed E-state index contributed by atoms with van der Waals surface area (Å²) in [6.45, 7) is 0. The molecule has 46 heavy (non-hydrogen) atoms. The minimum absolute atomic E-state index is 0.742. The zero-order valence-electron chi connectivity index (χ0n) is 24.5. The van der Waals surface area contributed by atoms with Crippen molar-refractivity contribution in [2.24, 2.45) is 0 Å². The van der Waals surface area contributed by atoms with Crippen molar-refractivity contribution in [1.82, 2.24) is 14.5 Å². The number of hydrogen-bond donors (Lipinski definition) is 0. The summed E-state index contributed by atoms with van der Waals surface area (Å²) in [4.78, 5) is 12.0. The molecule has 0 saturated carbocycles. The summed E-state index contributed by atoms with van der Waals surface area (Å²) in [7, 11) is 0. The Balaban J connectivity index is 1.29. The predicted molar refractivity (Wildman–Crippen MR) is 184 cm³/mol. The summed E-state index contributed by atoms with van der Waals surface area (Å²) in [5.41, 5.74) is 8.56. The van der Waals surface area contributed by atoms with E-state index in [0.29, 0.717) is 0 Å². The maximum Gasteiger partial charge on any atom is 0.156 e. The Labute approximate surface area is 263 Å². The van der Waals surface area contributed by atoms with Crippen molar-refractivity contribution in [3.63, 3.8) is 0 Å². The first-order valence-electron chi connectivity index (χ1n) is 15.2. The molecule has 0 saturated heterocycles. The molecule has 0 spiro atoms. The van der Waals surface area contributed by atoms with Crippen molar-refractivity contribution < 1.29 is 9.15 Å². The summed E-state index contributed by atoms with van der Waals surface area (Å²) in [5, 5.41) is 4.27. The molecule has 1 aliphatic heterocycles. The van der Waals surface area contributed by atoms with Gasteiger partial charge >= 0.3 is 0 Å². The molecule has 6 aromatic carbocycles. The quantitative estimate of drug-likeness (QED) is 0.204. The van der Waals surface area contributed by atoms with Gasteiger partial charge in [-0.05, 0) is 60.7 Å². The van der Waals surface area contributed by atoms with Crippen LogP contribution < -0.4 is 9.64 Å². The van der Waals surface area contributed by atoms with Crippen molar-refractivity contribution in [1.29, 1.82) is 0 Å². The summed E-state index contributed by atoms with van der Waals surface area (Å²) in [6, 6.07) is 45.6. The smallest absolute Gasteiger partial charge is 0.156 e. The van der Waals surface area contributed by atoms with Crippen LogP contribution in [0, 0.1) is 0 Å². The van der Waals surface area contributed by atoms with E-state index in [1.54, 1.807) is 0 Å². The lowest BCUT2D eigenvalue weighted by molar-refractivity contribution is 0.477. The molecule has 0 aliphatic carbocycles. The van der Waals surface area contributed by atoms with Gasteiger partial charge in [0, 0.05) is 27.4 Å². The molecule has 216 valence electrons. The van der Waals surface area contributed by atoms with Crippen molar-refractivity contribution in [3.8, 4) is 28.6 Å². The zero-order valence-corrected chi connectivity index (χ0v) is 24.5. The van der Waals surface area contributed by atoms with Gasteiger partial charge in [0.1, 0.15) is 11.2 Å². The first kappa shape index (κ1) is 25.0. The molecule has 0 unspecified atom stereocenters. The van der Waals surface area contributed by atoms with Crippen molar-refractivity contribution >= 4 is 60.8 Å². The molecule has 0 fully saturated rings. The van der Waals surface area contributed by atoms with Crippen LogP contribution in [-0.2, 0) is 0 Å². The molecule has 0 N–H and O–H groups in total. The van der Waals surface area contributed by atoms with Gasteiger partial charge in [0.2, 0.25) is 0 Å². The van der Waals surface area contributed by atoms with Gasteiger partial charge in [-0.1, -0.05) is 72.8 Å². The lowest BCUT2D eigenvalue weighted by atomic mass is 10.1. The molecule has 1 aliphatic rings. The van der Waals surface area contributed by atoms with Crippen LogP contribution in [0.15, 0.2) is 150 Å². The number of furan rings is 1. The second-order valence-electron chi connectivity index (χ2n) is 11.5. The highest BCUT2D eigenvalue weighted by Gasteiger charge is 2.27. The van der Waals surface area contributed by atoms with Crippen LogP contribution in [-0.4, -0.2) is 14.5 Å². The molecule has 6 nitrogen and oxygen atoms in total. The highest BCUT2D eigenvalue weighted by Crippen LogP contribution is 2.51. The molecule has 6 heteroatoms. The van der Waals surface area contributed by atoms with Gasteiger partial charge in [-0.2, -0.15) is 0 Å². The Morgan fingerprint density at radius 3 is 2.11 bits per heavy atom. The molecule has 0 atom stereocenters. The van der Waals surface area contributed by atoms with E-state index >= 15 is 0 Å². The number of hydrogen-bond acceptors (Lipinski definition) is 5. The van der Waals surface area contributed by atoms with E-state index in [1.165, 1.54) is 0 Å². The average Bonchev–Trinajstić information content (AvgIpc) is 3.66. The number of benzene rings is 6. The van der Waals surface area contributed by atoms with Crippen LogP contribution in [0.1, 0.15) is 0 Å². The fourth-order valence-corrected chi connectivity index (χ4v) is 6.85. The van der Waals surface area contributed by atoms with Crippen LogP contribution in [0.2, 0.25) is 0 Å². The standard InChI is InChI=1S/C40H24N4O2/c1-2-10-25(11-3-1)30-23-41-24-38(42-30)44-31-20-18-26(43-32-13-5-8-16-36(32)45-37-17-9-6-14-33(37)43)22-29(31)39-34(44)21-19-28-27-12-4-7-15-35(27)46-40(28)39/h1-24H. The maximum atomic E-state index is 6.63. The Morgan fingerprint density at radius 1 is 0.565 bits per heavy atom. The third-order valence-electron chi connectivity index (χ3n) is 8.87. The Morgan fingerprint density at radius 2 is 1.28 bits per heavy atom. The van der Waals surface area contributed by atoms with Gasteiger partial charge in [0.05, 0.1) is 45.9 Å². The van der Waals surface area contributed by atoms with E-state index in [1.807, 2.05) is 79.1 Å². The number of nitrogens with zero attached hydrogens (tertiary/aromatic N) is 4. The topological polar surface area (TPSA) is 56.3 Å². The normalized spacial score (nSPS) is 12.5. The molecule has 9 aromatic rings. The van der Waals surface area contributed by atoms with E-state index < -0.39 is 0 Å². The van der Waals surface area contributed by atoms with Crippen molar-refractivity contribution in [2.75, 3.05) is 4.90 Å². The van der Waals surface area contributed by atoms with Gasteiger partial charge in [-0.3, -0.25) is 9.55 Å². The van der Waals surface area contributed by atoms with Gasteiger partial charge in [-0.15, -0.1) is 0 Å². The fraction of sp³-hybridized carbons (Fsp3) is 0. The number of rotatable bonds is 3. The summed E-state index contributed by atoms with van der Waals surface area (Å²) < 4.78 is 15.1. The molecule has 4 heterocycles. The highest BCUT2D eigenvalue weighted by molar-refractivity contribution is 6.24. The second kappa shape index (κ2) is 9.55.